The lowest BCUT2D eigenvalue weighted by atomic mass is 10.2. The van der Waals surface area contributed by atoms with E-state index in [0.717, 1.165) is 5.92 Å². The SMILES string of the molecule is CCC(C)C.CCCN(C)C. The van der Waals surface area contributed by atoms with E-state index in [9.17, 15) is 0 Å². The van der Waals surface area contributed by atoms with Crippen LogP contribution in [0.15, 0.2) is 0 Å². The summed E-state index contributed by atoms with van der Waals surface area (Å²) < 4.78 is 0. The van der Waals surface area contributed by atoms with Gasteiger partial charge in [0.15, 0.2) is 0 Å². The normalized spacial score (nSPS) is 9.82. The fourth-order valence-corrected chi connectivity index (χ4v) is 0.447. The molecule has 0 amide bonds. The van der Waals surface area contributed by atoms with Crippen LogP contribution in [0.5, 0.6) is 0 Å². The Kier molecular flexibility index (Phi) is 12.3. The van der Waals surface area contributed by atoms with E-state index >= 15 is 0 Å². The molecule has 0 rings (SSSR count). The van der Waals surface area contributed by atoms with E-state index in [2.05, 4.69) is 46.7 Å². The third-order valence-corrected chi connectivity index (χ3v) is 1.49. The Morgan fingerprint density at radius 1 is 1.09 bits per heavy atom. The first kappa shape index (κ1) is 13.5. The van der Waals surface area contributed by atoms with Gasteiger partial charge in [-0.1, -0.05) is 34.1 Å². The van der Waals surface area contributed by atoms with Gasteiger partial charge in [0.05, 0.1) is 0 Å². The molecule has 0 atom stereocenters. The minimum Gasteiger partial charge on any atom is -0.309 e. The summed E-state index contributed by atoms with van der Waals surface area (Å²) in [5.74, 6) is 0.884. The molecule has 0 saturated heterocycles. The first-order valence-corrected chi connectivity index (χ1v) is 4.69. The molecule has 0 aliphatic carbocycles. The molecule has 0 aliphatic rings. The zero-order valence-corrected chi connectivity index (χ0v) is 9.15. The molecule has 1 nitrogen and oxygen atoms in total. The fraction of sp³-hybridized carbons (Fsp3) is 1.00. The van der Waals surface area contributed by atoms with E-state index < -0.39 is 0 Å². The Morgan fingerprint density at radius 3 is 1.45 bits per heavy atom. The summed E-state index contributed by atoms with van der Waals surface area (Å²) in [6, 6.07) is 0. The van der Waals surface area contributed by atoms with Gasteiger partial charge >= 0.3 is 0 Å². The molecule has 0 N–H and O–H groups in total. The van der Waals surface area contributed by atoms with Crippen LogP contribution in [-0.2, 0) is 0 Å². The van der Waals surface area contributed by atoms with Crippen LogP contribution in [0.25, 0.3) is 0 Å². The standard InChI is InChI=1S/C5H13N.C5H12/c1-4-5-6(2)3;1-4-5(2)3/h4-5H2,1-3H3;5H,4H2,1-3H3. The summed E-state index contributed by atoms with van der Waals surface area (Å²) in [7, 11) is 4.17. The molecule has 0 fully saturated rings. The zero-order chi connectivity index (χ0) is 9.28. The molecule has 0 aromatic carbocycles. The Balaban J connectivity index is 0. The van der Waals surface area contributed by atoms with Gasteiger partial charge in [-0.25, -0.2) is 0 Å². The molecule has 0 aromatic heterocycles. The summed E-state index contributed by atoms with van der Waals surface area (Å²) in [4.78, 5) is 2.18. The van der Waals surface area contributed by atoms with Crippen molar-refractivity contribution in [3.8, 4) is 0 Å². The van der Waals surface area contributed by atoms with Gasteiger partial charge in [-0.2, -0.15) is 0 Å². The number of hydrogen-bond donors (Lipinski definition) is 0. The van der Waals surface area contributed by atoms with Crippen LogP contribution < -0.4 is 0 Å². The molecule has 0 aliphatic heterocycles. The minimum atomic E-state index is 0.884. The monoisotopic (exact) mass is 159 g/mol. The summed E-state index contributed by atoms with van der Waals surface area (Å²) in [6.45, 7) is 10.0. The predicted molar refractivity (Wildman–Crippen MR) is 54.0 cm³/mol. The first-order valence-electron chi connectivity index (χ1n) is 4.69. The van der Waals surface area contributed by atoms with Crippen molar-refractivity contribution in [1.82, 2.24) is 4.90 Å². The topological polar surface area (TPSA) is 3.24 Å². The third kappa shape index (κ3) is 25.7. The molecule has 0 heterocycles. The van der Waals surface area contributed by atoms with Crippen LogP contribution in [0.1, 0.15) is 40.5 Å². The van der Waals surface area contributed by atoms with Crippen molar-refractivity contribution in [3.63, 3.8) is 0 Å². The highest BCUT2D eigenvalue weighted by Gasteiger charge is 1.80. The van der Waals surface area contributed by atoms with Gasteiger partial charge < -0.3 is 4.90 Å². The van der Waals surface area contributed by atoms with Gasteiger partial charge in [-0.3, -0.25) is 0 Å². The highest BCUT2D eigenvalue weighted by molar-refractivity contribution is 4.34. The molecule has 70 valence electrons. The minimum absolute atomic E-state index is 0.884. The van der Waals surface area contributed by atoms with E-state index in [1.54, 1.807) is 0 Å². The molecule has 0 bridgehead atoms. The lowest BCUT2D eigenvalue weighted by Gasteiger charge is -2.03. The lowest BCUT2D eigenvalue weighted by molar-refractivity contribution is 0.408. The average Bonchev–Trinajstić information content (AvgIpc) is 1.89. The van der Waals surface area contributed by atoms with Crippen LogP contribution in [0.3, 0.4) is 0 Å². The van der Waals surface area contributed by atoms with Crippen LogP contribution >= 0.6 is 0 Å². The van der Waals surface area contributed by atoms with Crippen molar-refractivity contribution >= 4 is 0 Å². The van der Waals surface area contributed by atoms with Crippen molar-refractivity contribution in [3.05, 3.63) is 0 Å². The lowest BCUT2D eigenvalue weighted by Crippen LogP contribution is -2.11. The molecule has 0 saturated carbocycles. The van der Waals surface area contributed by atoms with Crippen LogP contribution in [-0.4, -0.2) is 25.5 Å². The third-order valence-electron chi connectivity index (χ3n) is 1.49. The van der Waals surface area contributed by atoms with Gasteiger partial charge in [-0.05, 0) is 33.0 Å². The highest BCUT2D eigenvalue weighted by Crippen LogP contribution is 1.93. The molecule has 0 unspecified atom stereocenters. The van der Waals surface area contributed by atoms with E-state index in [1.165, 1.54) is 19.4 Å². The second-order valence-corrected chi connectivity index (χ2v) is 3.61. The molecular formula is C10H25N. The van der Waals surface area contributed by atoms with Crippen molar-refractivity contribution in [1.29, 1.82) is 0 Å². The van der Waals surface area contributed by atoms with Gasteiger partial charge in [-0.15, -0.1) is 0 Å². The molecule has 11 heavy (non-hydrogen) atoms. The maximum Gasteiger partial charge on any atom is -0.00275 e. The number of hydrogen-bond acceptors (Lipinski definition) is 1. The Labute approximate surface area is 72.8 Å². The fourth-order valence-electron chi connectivity index (χ4n) is 0.447. The second kappa shape index (κ2) is 9.96. The Hall–Kier alpha value is -0.0400. The van der Waals surface area contributed by atoms with Crippen molar-refractivity contribution < 1.29 is 0 Å². The quantitative estimate of drug-likeness (QED) is 0.612. The Morgan fingerprint density at radius 2 is 1.45 bits per heavy atom. The second-order valence-electron chi connectivity index (χ2n) is 3.61. The molecule has 0 aromatic rings. The molecule has 0 radical (unpaired) electrons. The summed E-state index contributed by atoms with van der Waals surface area (Å²) >= 11 is 0. The van der Waals surface area contributed by atoms with Crippen LogP contribution in [0.2, 0.25) is 0 Å². The van der Waals surface area contributed by atoms with Crippen molar-refractivity contribution in [2.24, 2.45) is 5.92 Å². The summed E-state index contributed by atoms with van der Waals surface area (Å²) in [6.07, 6.45) is 2.56. The number of nitrogens with zero attached hydrogens (tertiary/aromatic N) is 1. The maximum absolute atomic E-state index is 2.22. The molecule has 0 spiro atoms. The largest absolute Gasteiger partial charge is 0.309 e. The molecule has 1 heteroatoms. The van der Waals surface area contributed by atoms with Gasteiger partial charge in [0.1, 0.15) is 0 Å². The van der Waals surface area contributed by atoms with E-state index in [-0.39, 0.29) is 0 Å². The average molecular weight is 159 g/mol. The van der Waals surface area contributed by atoms with Gasteiger partial charge in [0.2, 0.25) is 0 Å². The van der Waals surface area contributed by atoms with Crippen molar-refractivity contribution in [2.75, 3.05) is 20.6 Å². The molecular weight excluding hydrogens is 134 g/mol. The smallest absolute Gasteiger partial charge is 0.00275 e. The van der Waals surface area contributed by atoms with Gasteiger partial charge in [0, 0.05) is 0 Å². The number of rotatable bonds is 3. The highest BCUT2D eigenvalue weighted by atomic mass is 15.0. The first-order chi connectivity index (χ1) is 5.04. The van der Waals surface area contributed by atoms with E-state index in [1.807, 2.05) is 0 Å². The summed E-state index contributed by atoms with van der Waals surface area (Å²) in [5.41, 5.74) is 0. The van der Waals surface area contributed by atoms with Crippen LogP contribution in [0.4, 0.5) is 0 Å². The zero-order valence-electron chi connectivity index (χ0n) is 9.15. The van der Waals surface area contributed by atoms with Gasteiger partial charge in [0.25, 0.3) is 0 Å². The Bertz CT molecular complexity index is 57.9. The maximum atomic E-state index is 2.22. The predicted octanol–water partition coefficient (Wildman–Crippen LogP) is 3.01. The van der Waals surface area contributed by atoms with Crippen LogP contribution in [0, 0.1) is 5.92 Å². The van der Waals surface area contributed by atoms with Crippen molar-refractivity contribution in [2.45, 2.75) is 40.5 Å². The van der Waals surface area contributed by atoms with E-state index in [0.29, 0.717) is 0 Å². The summed E-state index contributed by atoms with van der Waals surface area (Å²) in [5, 5.41) is 0. The van der Waals surface area contributed by atoms with E-state index in [4.69, 9.17) is 0 Å².